The van der Waals surface area contributed by atoms with E-state index in [4.69, 9.17) is 9.47 Å². The fourth-order valence-corrected chi connectivity index (χ4v) is 6.25. The number of benzene rings is 1. The average Bonchev–Trinajstić information content (AvgIpc) is 3.35. The lowest BCUT2D eigenvalue weighted by atomic mass is 9.87. The molecule has 1 aromatic carbocycles. The minimum Gasteiger partial charge on any atom is -0.486 e. The standard InChI is InChI=1S/C28H36N6O3/c1-3-25(35)34-9-6-22(16-34)32-7-4-20(5-8-32)21-14-19(2)26-24(15-21)31-27-23(17-37-26)28(30-18-29-27)33-10-12-36-13-11-33/h3,14-15,18,20,22H,1,4-13,16-17H2,2H3,(H,29,30,31). The zero-order valence-electron chi connectivity index (χ0n) is 21.6. The number of anilines is 3. The molecule has 1 amide bonds. The van der Waals surface area contributed by atoms with E-state index in [-0.39, 0.29) is 5.91 Å². The minimum absolute atomic E-state index is 0.0523. The van der Waals surface area contributed by atoms with Crippen molar-refractivity contribution >= 4 is 23.2 Å². The number of carbonyl (C=O) groups excluding carboxylic acids is 1. The van der Waals surface area contributed by atoms with Crippen LogP contribution in [-0.2, 0) is 16.1 Å². The quantitative estimate of drug-likeness (QED) is 0.636. The number of hydrogen-bond acceptors (Lipinski definition) is 8. The Morgan fingerprint density at radius 1 is 1.11 bits per heavy atom. The maximum absolute atomic E-state index is 12.0. The Morgan fingerprint density at radius 3 is 2.70 bits per heavy atom. The molecule has 5 heterocycles. The number of aromatic nitrogens is 2. The van der Waals surface area contributed by atoms with E-state index in [2.05, 4.69) is 50.7 Å². The lowest BCUT2D eigenvalue weighted by Gasteiger charge is -2.36. The van der Waals surface area contributed by atoms with E-state index in [0.29, 0.717) is 31.8 Å². The Bertz CT molecular complexity index is 1170. The molecule has 37 heavy (non-hydrogen) atoms. The molecule has 9 nitrogen and oxygen atoms in total. The van der Waals surface area contributed by atoms with Crippen LogP contribution in [0.5, 0.6) is 5.75 Å². The van der Waals surface area contributed by atoms with Crippen molar-refractivity contribution in [2.45, 2.75) is 44.8 Å². The first-order valence-corrected chi connectivity index (χ1v) is 13.5. The molecule has 1 N–H and O–H groups in total. The molecule has 1 atom stereocenters. The van der Waals surface area contributed by atoms with Gasteiger partial charge < -0.3 is 24.6 Å². The minimum atomic E-state index is 0.0523. The van der Waals surface area contributed by atoms with Crippen LogP contribution in [-0.4, -0.2) is 84.2 Å². The highest BCUT2D eigenvalue weighted by Gasteiger charge is 2.33. The highest BCUT2D eigenvalue weighted by molar-refractivity contribution is 5.87. The summed E-state index contributed by atoms with van der Waals surface area (Å²) in [5.74, 6) is 3.20. The molecule has 1 aromatic heterocycles. The molecular weight excluding hydrogens is 468 g/mol. The van der Waals surface area contributed by atoms with E-state index in [1.807, 2.05) is 4.90 Å². The first kappa shape index (κ1) is 24.2. The molecular formula is C28H36N6O3. The Labute approximate surface area is 218 Å². The molecule has 6 rings (SSSR count). The van der Waals surface area contributed by atoms with Gasteiger partial charge in [0.15, 0.2) is 0 Å². The number of fused-ring (bicyclic) bond motifs is 2. The molecule has 3 saturated heterocycles. The topological polar surface area (TPSA) is 83.1 Å². The number of carbonyl (C=O) groups is 1. The Balaban J connectivity index is 1.16. The fraction of sp³-hybridized carbons (Fsp3) is 0.536. The second-order valence-corrected chi connectivity index (χ2v) is 10.5. The van der Waals surface area contributed by atoms with Crippen molar-refractivity contribution < 1.29 is 14.3 Å². The zero-order valence-corrected chi connectivity index (χ0v) is 21.6. The first-order chi connectivity index (χ1) is 18.1. The van der Waals surface area contributed by atoms with Gasteiger partial charge in [-0.15, -0.1) is 0 Å². The molecule has 196 valence electrons. The summed E-state index contributed by atoms with van der Waals surface area (Å²) in [6, 6.07) is 5.02. The van der Waals surface area contributed by atoms with Crippen LogP contribution in [0, 0.1) is 6.92 Å². The van der Waals surface area contributed by atoms with Gasteiger partial charge >= 0.3 is 0 Å². The number of nitrogens with one attached hydrogen (secondary N) is 1. The predicted octanol–water partition coefficient (Wildman–Crippen LogP) is 3.22. The number of ether oxygens (including phenoxy) is 2. The van der Waals surface area contributed by atoms with Gasteiger partial charge in [-0.2, -0.15) is 0 Å². The largest absolute Gasteiger partial charge is 0.486 e. The molecule has 0 radical (unpaired) electrons. The van der Waals surface area contributed by atoms with Gasteiger partial charge in [-0.3, -0.25) is 9.69 Å². The fourth-order valence-electron chi connectivity index (χ4n) is 6.25. The number of aryl methyl sites for hydroxylation is 1. The Kier molecular flexibility index (Phi) is 6.73. The van der Waals surface area contributed by atoms with Crippen molar-refractivity contribution in [3.8, 4) is 5.75 Å². The van der Waals surface area contributed by atoms with E-state index < -0.39 is 0 Å². The summed E-state index contributed by atoms with van der Waals surface area (Å²) in [6.07, 6.45) is 6.36. The number of hydrogen-bond donors (Lipinski definition) is 1. The van der Waals surface area contributed by atoms with Crippen LogP contribution in [0.3, 0.4) is 0 Å². The van der Waals surface area contributed by atoms with Crippen molar-refractivity contribution in [1.82, 2.24) is 19.8 Å². The second-order valence-electron chi connectivity index (χ2n) is 10.5. The van der Waals surface area contributed by atoms with E-state index in [1.165, 1.54) is 11.6 Å². The third kappa shape index (κ3) is 4.78. The van der Waals surface area contributed by atoms with Gasteiger partial charge in [0.2, 0.25) is 5.91 Å². The highest BCUT2D eigenvalue weighted by atomic mass is 16.5. The van der Waals surface area contributed by atoms with Gasteiger partial charge in [-0.25, -0.2) is 9.97 Å². The summed E-state index contributed by atoms with van der Waals surface area (Å²) >= 11 is 0. The van der Waals surface area contributed by atoms with Crippen LogP contribution in [0.15, 0.2) is 31.1 Å². The van der Waals surface area contributed by atoms with Crippen LogP contribution >= 0.6 is 0 Å². The number of morpholine rings is 1. The van der Waals surface area contributed by atoms with Crippen molar-refractivity contribution in [1.29, 1.82) is 0 Å². The normalized spacial score (nSPS) is 22.5. The lowest BCUT2D eigenvalue weighted by molar-refractivity contribution is -0.125. The highest BCUT2D eigenvalue weighted by Crippen LogP contribution is 2.41. The van der Waals surface area contributed by atoms with Gasteiger partial charge in [0.1, 0.15) is 30.3 Å². The van der Waals surface area contributed by atoms with Gasteiger partial charge in [0, 0.05) is 32.2 Å². The van der Waals surface area contributed by atoms with Gasteiger partial charge in [-0.1, -0.05) is 12.6 Å². The zero-order chi connectivity index (χ0) is 25.4. The summed E-state index contributed by atoms with van der Waals surface area (Å²) in [5.41, 5.74) is 4.48. The second kappa shape index (κ2) is 10.3. The van der Waals surface area contributed by atoms with Gasteiger partial charge in [0.25, 0.3) is 0 Å². The van der Waals surface area contributed by atoms with Crippen molar-refractivity contribution in [3.63, 3.8) is 0 Å². The smallest absolute Gasteiger partial charge is 0.246 e. The average molecular weight is 505 g/mol. The van der Waals surface area contributed by atoms with Crippen LogP contribution in [0.4, 0.5) is 17.3 Å². The Hall–Kier alpha value is -3.17. The number of amides is 1. The lowest BCUT2D eigenvalue weighted by Crippen LogP contribution is -2.43. The third-order valence-corrected chi connectivity index (χ3v) is 8.31. The number of nitrogens with zero attached hydrogens (tertiary/aromatic N) is 5. The SMILES string of the molecule is C=CC(=O)N1CCC(N2CCC(c3cc(C)c4c(c3)Nc3ncnc(N5CCOCC5)c3CO4)CC2)C1. The third-order valence-electron chi connectivity index (χ3n) is 8.31. The molecule has 0 spiro atoms. The monoisotopic (exact) mass is 504 g/mol. The summed E-state index contributed by atoms with van der Waals surface area (Å²) < 4.78 is 11.9. The van der Waals surface area contributed by atoms with Crippen molar-refractivity contribution in [3.05, 3.63) is 47.8 Å². The first-order valence-electron chi connectivity index (χ1n) is 13.5. The van der Waals surface area contributed by atoms with E-state index in [1.54, 1.807) is 6.33 Å². The van der Waals surface area contributed by atoms with Gasteiger partial charge in [0.05, 0.1) is 24.5 Å². The maximum Gasteiger partial charge on any atom is 0.246 e. The van der Waals surface area contributed by atoms with E-state index in [0.717, 1.165) is 92.7 Å². The van der Waals surface area contributed by atoms with Crippen LogP contribution in [0.2, 0.25) is 0 Å². The maximum atomic E-state index is 12.0. The number of likely N-dealkylation sites (tertiary alicyclic amines) is 2. The molecule has 1 unspecified atom stereocenters. The molecule has 0 bridgehead atoms. The molecule has 2 aromatic rings. The summed E-state index contributed by atoms with van der Waals surface area (Å²) in [5, 5.41) is 3.59. The van der Waals surface area contributed by atoms with Gasteiger partial charge in [-0.05, 0) is 68.5 Å². The number of piperidine rings is 1. The predicted molar refractivity (Wildman–Crippen MR) is 143 cm³/mol. The summed E-state index contributed by atoms with van der Waals surface area (Å²) in [7, 11) is 0. The van der Waals surface area contributed by atoms with Crippen molar-refractivity contribution in [2.75, 3.05) is 62.7 Å². The summed E-state index contributed by atoms with van der Waals surface area (Å²) in [4.78, 5) is 27.9. The van der Waals surface area contributed by atoms with E-state index in [9.17, 15) is 4.79 Å². The molecule has 0 saturated carbocycles. The molecule has 0 aliphatic carbocycles. The Morgan fingerprint density at radius 2 is 1.92 bits per heavy atom. The van der Waals surface area contributed by atoms with Crippen LogP contribution in [0.25, 0.3) is 0 Å². The molecule has 9 heteroatoms. The van der Waals surface area contributed by atoms with Crippen LogP contribution in [0.1, 0.15) is 41.9 Å². The molecule has 3 fully saturated rings. The molecule has 4 aliphatic rings. The number of rotatable bonds is 4. The van der Waals surface area contributed by atoms with Crippen molar-refractivity contribution in [2.24, 2.45) is 0 Å². The van der Waals surface area contributed by atoms with E-state index >= 15 is 0 Å². The van der Waals surface area contributed by atoms with Crippen LogP contribution < -0.4 is 15.0 Å². The summed E-state index contributed by atoms with van der Waals surface area (Å²) in [6.45, 7) is 13.0. The molecule has 4 aliphatic heterocycles.